The van der Waals surface area contributed by atoms with Crippen molar-refractivity contribution in [3.8, 4) is 0 Å². The molecule has 2 rings (SSSR count). The summed E-state index contributed by atoms with van der Waals surface area (Å²) in [5.41, 5.74) is 4.06. The Kier molecular flexibility index (Phi) is 3.08. The van der Waals surface area contributed by atoms with Gasteiger partial charge in [0.05, 0.1) is 0 Å². The molecule has 0 saturated heterocycles. The highest BCUT2D eigenvalue weighted by atomic mass is 14.5. The highest BCUT2D eigenvalue weighted by Crippen LogP contribution is 2.40. The van der Waals surface area contributed by atoms with E-state index in [1.165, 1.54) is 31.3 Å². The minimum absolute atomic E-state index is 0.426. The first-order chi connectivity index (χ1) is 7.24. The lowest BCUT2D eigenvalue weighted by Gasteiger charge is -2.34. The summed E-state index contributed by atoms with van der Waals surface area (Å²) in [6.45, 7) is 4.41. The number of hydrogen-bond acceptors (Lipinski definition) is 1. The van der Waals surface area contributed by atoms with Crippen molar-refractivity contribution in [3.05, 3.63) is 23.3 Å². The van der Waals surface area contributed by atoms with E-state index in [2.05, 4.69) is 26.0 Å². The van der Waals surface area contributed by atoms with Gasteiger partial charge in [-0.25, -0.2) is 0 Å². The van der Waals surface area contributed by atoms with Crippen molar-refractivity contribution in [2.45, 2.75) is 46.0 Å². The molecule has 1 heteroatoms. The predicted molar refractivity (Wildman–Crippen MR) is 65.3 cm³/mol. The second-order valence-corrected chi connectivity index (χ2v) is 4.87. The van der Waals surface area contributed by atoms with E-state index in [4.69, 9.17) is 5.41 Å². The van der Waals surface area contributed by atoms with Gasteiger partial charge in [0.25, 0.3) is 0 Å². The van der Waals surface area contributed by atoms with E-state index < -0.39 is 0 Å². The van der Waals surface area contributed by atoms with Crippen LogP contribution in [0.4, 0.5) is 0 Å². The van der Waals surface area contributed by atoms with Gasteiger partial charge in [0, 0.05) is 11.6 Å². The summed E-state index contributed by atoms with van der Waals surface area (Å²) < 4.78 is 0. The fraction of sp³-hybridized carbons (Fsp3) is 0.643. The zero-order chi connectivity index (χ0) is 10.8. The SMILES string of the molecule is CCC(=N)C1C2=C(CCC=C2)CCC1C. The predicted octanol–water partition coefficient (Wildman–Crippen LogP) is 4.11. The van der Waals surface area contributed by atoms with Crippen LogP contribution < -0.4 is 0 Å². The second kappa shape index (κ2) is 4.34. The Hall–Kier alpha value is -0.850. The minimum Gasteiger partial charge on any atom is -0.309 e. The Morgan fingerprint density at radius 2 is 2.27 bits per heavy atom. The largest absolute Gasteiger partial charge is 0.309 e. The van der Waals surface area contributed by atoms with E-state index in [1.54, 1.807) is 5.57 Å². The maximum absolute atomic E-state index is 8.12. The standard InChI is InChI=1S/C14H21N/c1-3-13(15)14-10(2)8-9-11-6-4-5-7-12(11)14/h5,7,10,14-15H,3-4,6,8-9H2,1-2H3. The smallest absolute Gasteiger partial charge is 0.0241 e. The molecule has 0 spiro atoms. The van der Waals surface area contributed by atoms with Gasteiger partial charge in [0.2, 0.25) is 0 Å². The zero-order valence-electron chi connectivity index (χ0n) is 9.84. The molecule has 0 aromatic rings. The van der Waals surface area contributed by atoms with Crippen LogP contribution in [0.2, 0.25) is 0 Å². The molecule has 2 aliphatic carbocycles. The molecule has 15 heavy (non-hydrogen) atoms. The summed E-state index contributed by atoms with van der Waals surface area (Å²) in [6.07, 6.45) is 10.5. The normalized spacial score (nSPS) is 30.3. The van der Waals surface area contributed by atoms with E-state index in [1.807, 2.05) is 0 Å². The van der Waals surface area contributed by atoms with Crippen LogP contribution >= 0.6 is 0 Å². The van der Waals surface area contributed by atoms with Crippen molar-refractivity contribution in [2.75, 3.05) is 0 Å². The third kappa shape index (κ3) is 1.92. The van der Waals surface area contributed by atoms with Crippen LogP contribution in [0.3, 0.4) is 0 Å². The molecule has 2 unspecified atom stereocenters. The lowest BCUT2D eigenvalue weighted by molar-refractivity contribution is 0.428. The van der Waals surface area contributed by atoms with Gasteiger partial charge in [-0.1, -0.05) is 31.6 Å². The highest BCUT2D eigenvalue weighted by Gasteiger charge is 2.30. The molecule has 82 valence electrons. The van der Waals surface area contributed by atoms with Crippen LogP contribution in [0.15, 0.2) is 23.3 Å². The monoisotopic (exact) mass is 203 g/mol. The van der Waals surface area contributed by atoms with E-state index in [0.717, 1.165) is 12.1 Å². The van der Waals surface area contributed by atoms with Gasteiger partial charge in [0.1, 0.15) is 0 Å². The third-order valence-electron chi connectivity index (χ3n) is 3.88. The van der Waals surface area contributed by atoms with Crippen molar-refractivity contribution in [2.24, 2.45) is 11.8 Å². The maximum atomic E-state index is 8.12. The fourth-order valence-corrected chi connectivity index (χ4v) is 2.95. The third-order valence-corrected chi connectivity index (χ3v) is 3.88. The Labute approximate surface area is 92.8 Å². The zero-order valence-corrected chi connectivity index (χ0v) is 9.84. The molecule has 0 saturated carbocycles. The van der Waals surface area contributed by atoms with Crippen LogP contribution in [0, 0.1) is 17.2 Å². The first-order valence-electron chi connectivity index (χ1n) is 6.19. The Morgan fingerprint density at radius 1 is 1.47 bits per heavy atom. The van der Waals surface area contributed by atoms with Crippen LogP contribution in [0.25, 0.3) is 0 Å². The molecule has 1 N–H and O–H groups in total. The second-order valence-electron chi connectivity index (χ2n) is 4.87. The molecule has 0 aliphatic heterocycles. The Bertz CT molecular complexity index is 322. The quantitative estimate of drug-likeness (QED) is 0.653. The molecule has 0 aromatic carbocycles. The summed E-state index contributed by atoms with van der Waals surface area (Å²) in [5.74, 6) is 1.09. The van der Waals surface area contributed by atoms with Gasteiger partial charge in [-0.15, -0.1) is 0 Å². The number of hydrogen-bond donors (Lipinski definition) is 1. The molecule has 0 aromatic heterocycles. The van der Waals surface area contributed by atoms with Gasteiger partial charge in [-0.3, -0.25) is 0 Å². The van der Waals surface area contributed by atoms with Crippen LogP contribution in [0.5, 0.6) is 0 Å². The van der Waals surface area contributed by atoms with Crippen molar-refractivity contribution in [3.63, 3.8) is 0 Å². The van der Waals surface area contributed by atoms with Crippen LogP contribution in [-0.4, -0.2) is 5.71 Å². The van der Waals surface area contributed by atoms with Crippen molar-refractivity contribution in [1.29, 1.82) is 5.41 Å². The lowest BCUT2D eigenvalue weighted by atomic mass is 9.71. The molecule has 2 aliphatic rings. The molecule has 1 nitrogen and oxygen atoms in total. The van der Waals surface area contributed by atoms with Gasteiger partial charge >= 0.3 is 0 Å². The molecule has 0 radical (unpaired) electrons. The molecular formula is C14H21N. The summed E-state index contributed by atoms with van der Waals surface area (Å²) in [4.78, 5) is 0. The van der Waals surface area contributed by atoms with Gasteiger partial charge in [0.15, 0.2) is 0 Å². The average Bonchev–Trinajstić information content (AvgIpc) is 2.28. The summed E-state index contributed by atoms with van der Waals surface area (Å²) in [5, 5.41) is 8.12. The van der Waals surface area contributed by atoms with E-state index >= 15 is 0 Å². The van der Waals surface area contributed by atoms with Crippen molar-refractivity contribution < 1.29 is 0 Å². The molecule has 2 atom stereocenters. The van der Waals surface area contributed by atoms with Crippen molar-refractivity contribution >= 4 is 5.71 Å². The molecule has 0 fully saturated rings. The van der Waals surface area contributed by atoms with Crippen molar-refractivity contribution in [1.82, 2.24) is 0 Å². The number of allylic oxidation sites excluding steroid dienone is 4. The molecule has 0 amide bonds. The minimum atomic E-state index is 0.426. The Balaban J connectivity index is 2.32. The molecule has 0 heterocycles. The van der Waals surface area contributed by atoms with Gasteiger partial charge in [-0.2, -0.15) is 0 Å². The van der Waals surface area contributed by atoms with E-state index in [9.17, 15) is 0 Å². The first kappa shape index (κ1) is 10.7. The molecule has 0 bridgehead atoms. The van der Waals surface area contributed by atoms with E-state index in [0.29, 0.717) is 11.8 Å². The first-order valence-corrected chi connectivity index (χ1v) is 6.19. The summed E-state index contributed by atoms with van der Waals surface area (Å²) in [7, 11) is 0. The van der Waals surface area contributed by atoms with E-state index in [-0.39, 0.29) is 0 Å². The van der Waals surface area contributed by atoms with Gasteiger partial charge in [-0.05, 0) is 43.6 Å². The van der Waals surface area contributed by atoms with Crippen LogP contribution in [-0.2, 0) is 0 Å². The van der Waals surface area contributed by atoms with Crippen LogP contribution in [0.1, 0.15) is 46.0 Å². The topological polar surface area (TPSA) is 23.9 Å². The Morgan fingerprint density at radius 3 is 3.00 bits per heavy atom. The summed E-state index contributed by atoms with van der Waals surface area (Å²) >= 11 is 0. The lowest BCUT2D eigenvalue weighted by Crippen LogP contribution is -2.27. The number of nitrogens with one attached hydrogen (secondary N) is 1. The highest BCUT2D eigenvalue weighted by molar-refractivity contribution is 5.87. The fourth-order valence-electron chi connectivity index (χ4n) is 2.95. The summed E-state index contributed by atoms with van der Waals surface area (Å²) in [6, 6.07) is 0. The number of rotatable bonds is 2. The molecular weight excluding hydrogens is 182 g/mol. The average molecular weight is 203 g/mol. The maximum Gasteiger partial charge on any atom is 0.0241 e. The van der Waals surface area contributed by atoms with Gasteiger partial charge < -0.3 is 5.41 Å².